The first-order valence-corrected chi connectivity index (χ1v) is 5.89. The van der Waals surface area contributed by atoms with Crippen LogP contribution >= 0.6 is 0 Å². The molecule has 4 heteroatoms. The SMILES string of the molecule is c1ccc2c(c1)Oc1ncncc1[SiH2]2. The predicted molar refractivity (Wildman–Crippen MR) is 56.4 cm³/mol. The molecule has 3 rings (SSSR count). The van der Waals surface area contributed by atoms with E-state index in [1.54, 1.807) is 0 Å². The number of hydrogen-bond donors (Lipinski definition) is 0. The van der Waals surface area contributed by atoms with E-state index in [0.29, 0.717) is 0 Å². The summed E-state index contributed by atoms with van der Waals surface area (Å²) < 4.78 is 5.66. The van der Waals surface area contributed by atoms with Gasteiger partial charge in [0, 0.05) is 11.4 Å². The van der Waals surface area contributed by atoms with Crippen molar-refractivity contribution in [3.05, 3.63) is 36.8 Å². The van der Waals surface area contributed by atoms with Gasteiger partial charge in [-0.2, -0.15) is 0 Å². The number of hydrogen-bond acceptors (Lipinski definition) is 3. The quantitative estimate of drug-likeness (QED) is 0.467. The summed E-state index contributed by atoms with van der Waals surface area (Å²) in [5.74, 6) is 1.70. The molecule has 0 N–H and O–H groups in total. The molecular weight excluding hydrogens is 192 g/mol. The van der Waals surface area contributed by atoms with E-state index in [9.17, 15) is 0 Å². The van der Waals surface area contributed by atoms with Crippen LogP contribution in [0.4, 0.5) is 0 Å². The van der Waals surface area contributed by atoms with Gasteiger partial charge >= 0.3 is 0 Å². The summed E-state index contributed by atoms with van der Waals surface area (Å²) in [5.41, 5.74) is 0. The van der Waals surface area contributed by atoms with Crippen molar-refractivity contribution < 1.29 is 4.74 Å². The maximum absolute atomic E-state index is 5.66. The number of ether oxygens (including phenoxy) is 1. The first kappa shape index (κ1) is 7.70. The lowest BCUT2D eigenvalue weighted by molar-refractivity contribution is 0.467. The van der Waals surface area contributed by atoms with E-state index in [0.717, 1.165) is 11.6 Å². The molecule has 3 nitrogen and oxygen atoms in total. The summed E-state index contributed by atoms with van der Waals surface area (Å²) in [5, 5.41) is 2.51. The number of rotatable bonds is 0. The molecule has 0 saturated heterocycles. The van der Waals surface area contributed by atoms with E-state index in [4.69, 9.17) is 4.74 Å². The molecule has 0 spiro atoms. The molecule has 2 heterocycles. The third-order valence-corrected chi connectivity index (χ3v) is 4.14. The van der Waals surface area contributed by atoms with Gasteiger partial charge in [-0.15, -0.1) is 0 Å². The Morgan fingerprint density at radius 3 is 3.07 bits per heavy atom. The molecule has 2 aromatic rings. The first-order chi connectivity index (χ1) is 6.93. The molecule has 0 bridgehead atoms. The van der Waals surface area contributed by atoms with Crippen molar-refractivity contribution in [2.45, 2.75) is 0 Å². The molecule has 0 atom stereocenters. The first-order valence-electron chi connectivity index (χ1n) is 4.48. The van der Waals surface area contributed by atoms with Gasteiger partial charge in [0.2, 0.25) is 5.88 Å². The van der Waals surface area contributed by atoms with Crippen LogP contribution in [-0.2, 0) is 0 Å². The molecule has 0 aliphatic carbocycles. The third kappa shape index (κ3) is 1.12. The number of nitrogens with zero attached hydrogens (tertiary/aromatic N) is 2. The van der Waals surface area contributed by atoms with Crippen molar-refractivity contribution in [1.29, 1.82) is 0 Å². The second-order valence-corrected chi connectivity index (χ2v) is 5.12. The number of aromatic nitrogens is 2. The van der Waals surface area contributed by atoms with E-state index in [1.165, 1.54) is 16.7 Å². The fourth-order valence-corrected chi connectivity index (χ4v) is 3.16. The van der Waals surface area contributed by atoms with Crippen molar-refractivity contribution in [3.63, 3.8) is 0 Å². The van der Waals surface area contributed by atoms with E-state index >= 15 is 0 Å². The van der Waals surface area contributed by atoms with Crippen molar-refractivity contribution >= 4 is 19.9 Å². The zero-order valence-electron chi connectivity index (χ0n) is 7.47. The summed E-state index contributed by atoms with van der Waals surface area (Å²) in [4.78, 5) is 8.13. The lowest BCUT2D eigenvalue weighted by Gasteiger charge is -2.17. The highest BCUT2D eigenvalue weighted by atomic mass is 28.2. The molecule has 1 aromatic heterocycles. The monoisotopic (exact) mass is 200 g/mol. The maximum Gasteiger partial charge on any atom is 0.221 e. The fourth-order valence-electron chi connectivity index (χ4n) is 1.62. The van der Waals surface area contributed by atoms with E-state index < -0.39 is 9.52 Å². The third-order valence-electron chi connectivity index (χ3n) is 2.31. The standard InChI is InChI=1S/C10H8N2OSi/c1-2-4-8-7(3-1)13-10-9(14-8)5-11-6-12-10/h1-6H,14H2. The molecule has 1 aromatic carbocycles. The Hall–Kier alpha value is -1.68. The Labute approximate surface area is 83.6 Å². The Morgan fingerprint density at radius 1 is 1.14 bits per heavy atom. The van der Waals surface area contributed by atoms with Gasteiger partial charge < -0.3 is 4.74 Å². The Kier molecular flexibility index (Phi) is 1.60. The average molecular weight is 200 g/mol. The molecule has 0 saturated carbocycles. The van der Waals surface area contributed by atoms with Gasteiger partial charge in [0.05, 0.1) is 0 Å². The van der Waals surface area contributed by atoms with Crippen molar-refractivity contribution in [1.82, 2.24) is 9.97 Å². The Morgan fingerprint density at radius 2 is 2.07 bits per heavy atom. The largest absolute Gasteiger partial charge is 0.439 e. The van der Waals surface area contributed by atoms with Crippen molar-refractivity contribution in [2.75, 3.05) is 0 Å². The molecule has 0 fully saturated rings. The minimum absolute atomic E-state index is 0.445. The van der Waals surface area contributed by atoms with Crippen LogP contribution in [-0.4, -0.2) is 19.5 Å². The normalized spacial score (nSPS) is 14.3. The fraction of sp³-hybridized carbons (Fsp3) is 0. The maximum atomic E-state index is 5.66. The van der Waals surface area contributed by atoms with Gasteiger partial charge in [-0.3, -0.25) is 0 Å². The van der Waals surface area contributed by atoms with Crippen LogP contribution in [0.15, 0.2) is 36.8 Å². The van der Waals surface area contributed by atoms with Gasteiger partial charge in [0.1, 0.15) is 21.6 Å². The molecule has 68 valence electrons. The van der Waals surface area contributed by atoms with Gasteiger partial charge in [-0.1, -0.05) is 18.2 Å². The van der Waals surface area contributed by atoms with Crippen LogP contribution in [0, 0.1) is 0 Å². The topological polar surface area (TPSA) is 35.0 Å². The van der Waals surface area contributed by atoms with Crippen LogP contribution in [0.2, 0.25) is 0 Å². The van der Waals surface area contributed by atoms with Crippen LogP contribution < -0.4 is 15.1 Å². The van der Waals surface area contributed by atoms with Crippen molar-refractivity contribution in [3.8, 4) is 11.6 Å². The highest BCUT2D eigenvalue weighted by Gasteiger charge is 2.17. The van der Waals surface area contributed by atoms with E-state index in [1.807, 2.05) is 24.4 Å². The predicted octanol–water partition coefficient (Wildman–Crippen LogP) is -0.298. The number of benzene rings is 1. The summed E-state index contributed by atoms with van der Waals surface area (Å²) >= 11 is 0. The number of para-hydroxylation sites is 1. The molecular formula is C10H8N2OSi. The summed E-state index contributed by atoms with van der Waals surface area (Å²) in [7, 11) is -0.445. The second-order valence-electron chi connectivity index (χ2n) is 3.24. The zero-order chi connectivity index (χ0) is 9.38. The van der Waals surface area contributed by atoms with Gasteiger partial charge in [0.25, 0.3) is 0 Å². The molecule has 0 radical (unpaired) electrons. The molecule has 14 heavy (non-hydrogen) atoms. The molecule has 0 amide bonds. The highest BCUT2D eigenvalue weighted by molar-refractivity contribution is 6.69. The van der Waals surface area contributed by atoms with Crippen molar-refractivity contribution in [2.24, 2.45) is 0 Å². The second kappa shape index (κ2) is 2.92. The molecule has 1 aliphatic heterocycles. The molecule has 1 aliphatic rings. The van der Waals surface area contributed by atoms with Gasteiger partial charge in [0.15, 0.2) is 0 Å². The van der Waals surface area contributed by atoms with Crippen LogP contribution in [0.25, 0.3) is 0 Å². The minimum Gasteiger partial charge on any atom is -0.439 e. The summed E-state index contributed by atoms with van der Waals surface area (Å²) in [6.07, 6.45) is 3.39. The van der Waals surface area contributed by atoms with Gasteiger partial charge in [-0.25, -0.2) is 9.97 Å². The highest BCUT2D eigenvalue weighted by Crippen LogP contribution is 2.17. The van der Waals surface area contributed by atoms with Gasteiger partial charge in [-0.05, 0) is 11.3 Å². The summed E-state index contributed by atoms with van der Waals surface area (Å²) in [6, 6.07) is 8.15. The van der Waals surface area contributed by atoms with Crippen LogP contribution in [0.3, 0.4) is 0 Å². The zero-order valence-corrected chi connectivity index (χ0v) is 8.89. The average Bonchev–Trinajstić information content (AvgIpc) is 2.26. The summed E-state index contributed by atoms with van der Waals surface area (Å²) in [6.45, 7) is 0. The number of fused-ring (bicyclic) bond motifs is 2. The van der Waals surface area contributed by atoms with Crippen LogP contribution in [0.5, 0.6) is 11.6 Å². The van der Waals surface area contributed by atoms with E-state index in [-0.39, 0.29) is 0 Å². The van der Waals surface area contributed by atoms with Crippen LogP contribution in [0.1, 0.15) is 0 Å². The Bertz CT molecular complexity index is 400. The minimum atomic E-state index is -0.445. The smallest absolute Gasteiger partial charge is 0.221 e. The van der Waals surface area contributed by atoms with E-state index in [2.05, 4.69) is 16.0 Å². The lowest BCUT2D eigenvalue weighted by atomic mass is 10.3. The Balaban J connectivity index is 2.12. The molecule has 0 unspecified atom stereocenters. The lowest BCUT2D eigenvalue weighted by Crippen LogP contribution is -2.34.